The molecule has 27 heteroatoms. The lowest BCUT2D eigenvalue weighted by Crippen LogP contribution is -2.63. The van der Waals surface area contributed by atoms with Crippen molar-refractivity contribution in [1.29, 1.82) is 0 Å². The monoisotopic (exact) mass is 1110 g/mol. The normalized spacial score (nSPS) is 19.9. The van der Waals surface area contributed by atoms with Crippen LogP contribution in [0.2, 0.25) is 0 Å². The first-order valence-corrected chi connectivity index (χ1v) is 25.2. The molecule has 0 radical (unpaired) electrons. The van der Waals surface area contributed by atoms with Gasteiger partial charge in [-0.2, -0.15) is 31.4 Å². The highest BCUT2D eigenvalue weighted by molar-refractivity contribution is 5.87. The number of benzene rings is 2. The Hall–Kier alpha value is -6.71. The van der Waals surface area contributed by atoms with Crippen LogP contribution in [0.5, 0.6) is 0 Å². The minimum atomic E-state index is -5.23. The second-order valence-electron chi connectivity index (χ2n) is 21.4. The van der Waals surface area contributed by atoms with Crippen molar-refractivity contribution >= 4 is 29.9 Å². The first-order chi connectivity index (χ1) is 36.6. The second-order valence-corrected chi connectivity index (χ2v) is 21.4. The van der Waals surface area contributed by atoms with Crippen molar-refractivity contribution < 1.29 is 74.0 Å². The summed E-state index contributed by atoms with van der Waals surface area (Å²) in [4.78, 5) is 66.3. The molecular weight excluding hydrogens is 1050 g/mol. The number of methoxy groups -OCH3 is 1. The van der Waals surface area contributed by atoms with Crippen molar-refractivity contribution in [1.82, 2.24) is 51.0 Å². The summed E-state index contributed by atoms with van der Waals surface area (Å²) in [5, 5.41) is 32.3. The average molecular weight is 1110 g/mol. The van der Waals surface area contributed by atoms with E-state index in [1.165, 1.54) is 11.4 Å². The zero-order valence-corrected chi connectivity index (χ0v) is 43.2. The fourth-order valence-corrected chi connectivity index (χ4v) is 9.99. The van der Waals surface area contributed by atoms with Crippen molar-refractivity contribution in [2.45, 2.75) is 127 Å². The summed E-state index contributed by atoms with van der Waals surface area (Å²) in [6, 6.07) is 4.23. The van der Waals surface area contributed by atoms with Crippen LogP contribution in [0.1, 0.15) is 70.5 Å². The number of anilines is 1. The zero-order chi connectivity index (χ0) is 56.6. The number of aliphatic hydroxyl groups is 1. The van der Waals surface area contributed by atoms with Crippen LogP contribution in [0.15, 0.2) is 61.1 Å². The Kier molecular flexibility index (Phi) is 16.6. The molecule has 78 heavy (non-hydrogen) atoms. The van der Waals surface area contributed by atoms with Crippen LogP contribution in [-0.2, 0) is 32.0 Å². The van der Waals surface area contributed by atoms with Gasteiger partial charge in [0.25, 0.3) is 5.91 Å². The molecule has 424 valence electrons. The summed E-state index contributed by atoms with van der Waals surface area (Å²) in [7, 11) is 0.843. The van der Waals surface area contributed by atoms with E-state index in [1.807, 2.05) is 10.7 Å². The summed E-state index contributed by atoms with van der Waals surface area (Å²) in [5.74, 6) is -5.13. The van der Waals surface area contributed by atoms with E-state index in [0.717, 1.165) is 71.2 Å². The lowest BCUT2D eigenvalue weighted by Gasteiger charge is -2.47. The molecule has 6 N–H and O–H groups in total. The van der Waals surface area contributed by atoms with Crippen molar-refractivity contribution in [2.75, 3.05) is 44.9 Å². The van der Waals surface area contributed by atoms with Crippen LogP contribution in [-0.4, -0.2) is 159 Å². The molecule has 4 fully saturated rings. The molecular formula is C51H61F8N11O8. The summed E-state index contributed by atoms with van der Waals surface area (Å²) >= 11 is 0. The van der Waals surface area contributed by atoms with Gasteiger partial charge in [-0.25, -0.2) is 33.3 Å². The lowest BCUT2D eigenvalue weighted by atomic mass is 9.82. The molecule has 6 atom stereocenters. The quantitative estimate of drug-likeness (QED) is 0.0433. The van der Waals surface area contributed by atoms with E-state index in [1.54, 1.807) is 47.5 Å². The summed E-state index contributed by atoms with van der Waals surface area (Å²) in [5.41, 5.74) is -3.17. The Morgan fingerprint density at radius 1 is 0.769 bits per heavy atom. The number of alkyl halides is 6. The number of piperazine rings is 1. The van der Waals surface area contributed by atoms with Crippen LogP contribution >= 0.6 is 0 Å². The van der Waals surface area contributed by atoms with Crippen LogP contribution < -0.4 is 26.3 Å². The Balaban J connectivity index is 1.09. The standard InChI is InChI=1S/C51H61F8N11O8/c1-48(2,50(54,55)56)41(64-47(76)77-5)43(72)62-39(16-27-6-8-28(9-7-27)30-19-60-45(61-20-30)67-21-32-12-13-33(22-67)70(32)34-25-78-26-34)40(71)24-68(66-44(73)42(63-46(74)75)49(3,4)51(57,58)59)23-35-36(52)17-29(18-37(35)53)38-14-15-69(65-38)31-10-11-31/h6-9,14-15,17-20,31-34,39-42,63,71H,10-13,16,21-26H2,1-5H3,(H,62,72)(H,64,76)(H,66,73)(H,74,75)/t32?,33?,39-,40-,41+,42+/m0/s1. The number of ether oxygens (including phenoxy) is 2. The van der Waals surface area contributed by atoms with Gasteiger partial charge in [-0.3, -0.25) is 24.6 Å². The van der Waals surface area contributed by atoms with Crippen molar-refractivity contribution in [3.8, 4) is 22.4 Å². The summed E-state index contributed by atoms with van der Waals surface area (Å²) in [6.07, 6.45) is -7.63. The van der Waals surface area contributed by atoms with E-state index in [2.05, 4.69) is 34.9 Å². The molecule has 4 aromatic rings. The van der Waals surface area contributed by atoms with Crippen LogP contribution in [0.3, 0.4) is 0 Å². The smallest absolute Gasteiger partial charge is 0.407 e. The van der Waals surface area contributed by atoms with Gasteiger partial charge in [-0.1, -0.05) is 24.3 Å². The molecule has 1 aliphatic carbocycles. The number of nitrogens with zero attached hydrogens (tertiary/aromatic N) is 7. The summed E-state index contributed by atoms with van der Waals surface area (Å²) < 4.78 is 131. The van der Waals surface area contributed by atoms with Gasteiger partial charge in [0.2, 0.25) is 11.9 Å². The highest BCUT2D eigenvalue weighted by Crippen LogP contribution is 2.42. The van der Waals surface area contributed by atoms with E-state index in [-0.39, 0.29) is 17.3 Å². The third-order valence-corrected chi connectivity index (χ3v) is 15.2. The predicted molar refractivity (Wildman–Crippen MR) is 263 cm³/mol. The molecule has 0 spiro atoms. The van der Waals surface area contributed by atoms with Crippen molar-refractivity contribution in [3.63, 3.8) is 0 Å². The fourth-order valence-electron chi connectivity index (χ4n) is 9.99. The number of carbonyl (C=O) groups excluding carboxylic acids is 3. The maximum Gasteiger partial charge on any atom is 0.407 e. The highest BCUT2D eigenvalue weighted by Gasteiger charge is 2.57. The van der Waals surface area contributed by atoms with E-state index in [9.17, 15) is 55.7 Å². The number of rotatable bonds is 20. The number of hydrogen-bond acceptors (Lipinski definition) is 13. The van der Waals surface area contributed by atoms with Gasteiger partial charge < -0.3 is 40.5 Å². The number of nitrogens with one attached hydrogen (secondary N) is 4. The molecule has 1 saturated carbocycles. The molecule has 5 heterocycles. The molecule has 3 saturated heterocycles. The molecule has 2 bridgehead atoms. The van der Waals surface area contributed by atoms with E-state index in [0.29, 0.717) is 73.5 Å². The van der Waals surface area contributed by atoms with Crippen molar-refractivity contribution in [2.24, 2.45) is 10.8 Å². The van der Waals surface area contributed by atoms with Gasteiger partial charge in [-0.15, -0.1) is 0 Å². The number of hydrazine groups is 1. The molecule has 4 amide bonds. The topological polar surface area (TPSA) is 229 Å². The Bertz CT molecular complexity index is 2770. The first-order valence-electron chi connectivity index (χ1n) is 25.2. The van der Waals surface area contributed by atoms with Gasteiger partial charge in [-0.05, 0) is 89.1 Å². The molecule has 19 nitrogen and oxygen atoms in total. The number of amides is 4. The van der Waals surface area contributed by atoms with E-state index >= 15 is 8.78 Å². The van der Waals surface area contributed by atoms with E-state index < -0.39 is 108 Å². The third kappa shape index (κ3) is 12.6. The minimum Gasteiger partial charge on any atom is -0.465 e. The lowest BCUT2D eigenvalue weighted by molar-refractivity contribution is -0.221. The molecule has 2 aromatic heterocycles. The molecule has 2 aromatic carbocycles. The van der Waals surface area contributed by atoms with Crippen molar-refractivity contribution in [3.05, 3.63) is 83.8 Å². The number of fused-ring (bicyclic) bond motifs is 2. The number of carboxylic acid groups (broad SMARTS) is 1. The third-order valence-electron chi connectivity index (χ3n) is 15.2. The van der Waals surface area contributed by atoms with E-state index in [4.69, 9.17) is 4.74 Å². The number of alkyl carbamates (subject to hydrolysis) is 1. The van der Waals surface area contributed by atoms with Crippen LogP contribution in [0.25, 0.3) is 22.4 Å². The maximum atomic E-state index is 16.2. The van der Waals surface area contributed by atoms with Gasteiger partial charge in [0.1, 0.15) is 23.7 Å². The summed E-state index contributed by atoms with van der Waals surface area (Å²) in [6.45, 7) is 3.14. The number of halogens is 8. The molecule has 3 aliphatic heterocycles. The Labute approximate surface area is 443 Å². The van der Waals surface area contributed by atoms with Gasteiger partial charge in [0, 0.05) is 73.5 Å². The highest BCUT2D eigenvalue weighted by atomic mass is 19.4. The van der Waals surface area contributed by atoms with Gasteiger partial charge >= 0.3 is 24.5 Å². The SMILES string of the molecule is COC(=O)N[C@H](C(=O)N[C@@H](Cc1ccc(-c2cnc(N3CC4CCC(C3)N4C3COC3)nc2)cc1)[C@@H](O)CN(Cc1c(F)cc(-c2ccn(C3CC3)n2)cc1F)NC(=O)[C@@H](NC(=O)O)C(C)(C)C(F)(F)F)C(C)(C)C(F)(F)F. The Morgan fingerprint density at radius 3 is 1.85 bits per heavy atom. The number of carbonyl (C=O) groups is 4. The number of aliphatic hydroxyl groups excluding tert-OH is 1. The van der Waals surface area contributed by atoms with Crippen LogP contribution in [0, 0.1) is 22.5 Å². The van der Waals surface area contributed by atoms with Gasteiger partial charge in [0.05, 0.1) is 61.1 Å². The molecule has 2 unspecified atom stereocenters. The Morgan fingerprint density at radius 2 is 1.33 bits per heavy atom. The maximum absolute atomic E-state index is 16.2. The largest absolute Gasteiger partial charge is 0.465 e. The minimum absolute atomic E-state index is 0.00677. The number of hydrogen-bond donors (Lipinski definition) is 6. The van der Waals surface area contributed by atoms with Gasteiger partial charge in [0.15, 0.2) is 0 Å². The first kappa shape index (κ1) is 57.5. The fraction of sp³-hybridized carbons (Fsp3) is 0.549. The molecule has 4 aliphatic rings. The molecule has 8 rings (SSSR count). The zero-order valence-electron chi connectivity index (χ0n) is 43.2. The average Bonchev–Trinajstić information content (AvgIpc) is 4.19. The number of aromatic nitrogens is 4. The van der Waals surface area contributed by atoms with Crippen LogP contribution in [0.4, 0.5) is 50.7 Å². The second kappa shape index (κ2) is 22.6. The predicted octanol–water partition coefficient (Wildman–Crippen LogP) is 6.13.